The second-order valence-corrected chi connectivity index (χ2v) is 6.98. The molecule has 0 fully saturated rings. The minimum absolute atomic E-state index is 0.0387. The van der Waals surface area contributed by atoms with Crippen molar-refractivity contribution in [2.24, 2.45) is 0 Å². The lowest BCUT2D eigenvalue weighted by Gasteiger charge is -2.31. The fourth-order valence-electron chi connectivity index (χ4n) is 3.15. The highest BCUT2D eigenvalue weighted by Gasteiger charge is 2.37. The van der Waals surface area contributed by atoms with Crippen LogP contribution in [0.2, 0.25) is 0 Å². The van der Waals surface area contributed by atoms with Crippen LogP contribution in [0.25, 0.3) is 0 Å². The van der Waals surface area contributed by atoms with Crippen molar-refractivity contribution in [2.45, 2.75) is 26.2 Å². The van der Waals surface area contributed by atoms with E-state index < -0.39 is 23.2 Å². The molecule has 1 unspecified atom stereocenters. The number of nitrogens with zero attached hydrogens (tertiary/aromatic N) is 1. The molecular formula is C22H28N2O10. The van der Waals surface area contributed by atoms with Gasteiger partial charge in [0.1, 0.15) is 30.6 Å². The van der Waals surface area contributed by atoms with E-state index in [4.69, 9.17) is 28.4 Å². The molecule has 1 aromatic carbocycles. The Balaban J connectivity index is 2.47. The third-order valence-electron chi connectivity index (χ3n) is 4.70. The van der Waals surface area contributed by atoms with E-state index in [0.717, 1.165) is 0 Å². The van der Waals surface area contributed by atoms with Gasteiger partial charge in [0.05, 0.1) is 29.5 Å². The molecule has 0 aromatic heterocycles. The molecule has 1 N–H and O–H groups in total. The zero-order chi connectivity index (χ0) is 25.1. The van der Waals surface area contributed by atoms with Gasteiger partial charge in [-0.1, -0.05) is 19.1 Å². The normalized spacial score (nSPS) is 15.5. The van der Waals surface area contributed by atoms with Crippen LogP contribution in [0.1, 0.15) is 31.7 Å². The molecule has 0 spiro atoms. The van der Waals surface area contributed by atoms with Crippen LogP contribution in [0.15, 0.2) is 47.2 Å². The molecule has 0 saturated heterocycles. The van der Waals surface area contributed by atoms with Crippen molar-refractivity contribution in [3.63, 3.8) is 0 Å². The van der Waals surface area contributed by atoms with Crippen molar-refractivity contribution < 1.29 is 42.9 Å². The maximum absolute atomic E-state index is 12.4. The Morgan fingerprint density at radius 3 is 2.12 bits per heavy atom. The molecule has 12 nitrogen and oxygen atoms in total. The molecule has 0 saturated carbocycles. The summed E-state index contributed by atoms with van der Waals surface area (Å²) in [5, 5.41) is 14.4. The van der Waals surface area contributed by atoms with Crippen LogP contribution >= 0.6 is 0 Å². The maximum atomic E-state index is 12.4. The highest BCUT2D eigenvalue weighted by Crippen LogP contribution is 2.41. The van der Waals surface area contributed by atoms with E-state index in [1.807, 2.05) is 6.92 Å². The van der Waals surface area contributed by atoms with Gasteiger partial charge < -0.3 is 33.7 Å². The SMILES string of the molecule is CCC1=C(OC(=O)OCCOC)C(c2cccc([N+](=O)[O-])c2)C(OC(=O)OCCOC)=C(C)N1. The number of hydrogen-bond acceptors (Lipinski definition) is 11. The molecule has 1 aromatic rings. The van der Waals surface area contributed by atoms with Crippen LogP contribution < -0.4 is 5.32 Å². The Labute approximate surface area is 196 Å². The second-order valence-electron chi connectivity index (χ2n) is 6.98. The van der Waals surface area contributed by atoms with Gasteiger partial charge in [0.2, 0.25) is 0 Å². The van der Waals surface area contributed by atoms with Crippen molar-refractivity contribution in [3.05, 3.63) is 62.9 Å². The monoisotopic (exact) mass is 480 g/mol. The molecule has 12 heteroatoms. The summed E-state index contributed by atoms with van der Waals surface area (Å²) in [6, 6.07) is 5.72. The van der Waals surface area contributed by atoms with Gasteiger partial charge in [-0.05, 0) is 18.9 Å². The van der Waals surface area contributed by atoms with Gasteiger partial charge in [-0.15, -0.1) is 0 Å². The number of nitro benzene ring substituents is 1. The number of hydrogen-bond donors (Lipinski definition) is 1. The first kappa shape index (κ1) is 26.6. The van der Waals surface area contributed by atoms with E-state index >= 15 is 0 Å². The summed E-state index contributed by atoms with van der Waals surface area (Å²) >= 11 is 0. The van der Waals surface area contributed by atoms with Gasteiger partial charge in [-0.3, -0.25) is 10.1 Å². The van der Waals surface area contributed by atoms with Gasteiger partial charge in [0, 0.05) is 26.4 Å². The molecule has 2 rings (SSSR count). The number of benzene rings is 1. The van der Waals surface area contributed by atoms with E-state index in [1.54, 1.807) is 13.0 Å². The number of nitrogens with one attached hydrogen (secondary N) is 1. The van der Waals surface area contributed by atoms with Crippen LogP contribution in [-0.2, 0) is 28.4 Å². The Morgan fingerprint density at radius 1 is 1.00 bits per heavy atom. The summed E-state index contributed by atoms with van der Waals surface area (Å²) in [5.74, 6) is -0.837. The Kier molecular flexibility index (Phi) is 10.3. The summed E-state index contributed by atoms with van der Waals surface area (Å²) in [6.07, 6.45) is -1.60. The first-order chi connectivity index (χ1) is 16.3. The lowest BCUT2D eigenvalue weighted by Crippen LogP contribution is -2.30. The number of non-ortho nitro benzene ring substituents is 1. The van der Waals surface area contributed by atoms with Crippen LogP contribution in [0.3, 0.4) is 0 Å². The maximum Gasteiger partial charge on any atom is 0.513 e. The molecule has 0 aliphatic carbocycles. The first-order valence-electron chi connectivity index (χ1n) is 10.4. The largest absolute Gasteiger partial charge is 0.513 e. The van der Waals surface area contributed by atoms with Crippen LogP contribution in [-0.4, -0.2) is 57.9 Å². The molecule has 0 amide bonds. The van der Waals surface area contributed by atoms with E-state index in [1.165, 1.54) is 32.4 Å². The lowest BCUT2D eigenvalue weighted by atomic mass is 9.89. The number of allylic oxidation sites excluding steroid dienone is 2. The molecule has 0 radical (unpaired) electrons. The van der Waals surface area contributed by atoms with Gasteiger partial charge >= 0.3 is 12.3 Å². The average molecular weight is 480 g/mol. The number of carbonyl (C=O) groups is 2. The molecular weight excluding hydrogens is 452 g/mol. The van der Waals surface area contributed by atoms with Crippen LogP contribution in [0.4, 0.5) is 15.3 Å². The zero-order valence-electron chi connectivity index (χ0n) is 19.5. The molecule has 1 aliphatic rings. The smallest absolute Gasteiger partial charge is 0.432 e. The van der Waals surface area contributed by atoms with Crippen molar-refractivity contribution >= 4 is 18.0 Å². The van der Waals surface area contributed by atoms with E-state index in [0.29, 0.717) is 23.4 Å². The number of methoxy groups -OCH3 is 2. The quantitative estimate of drug-likeness (QED) is 0.214. The highest BCUT2D eigenvalue weighted by molar-refractivity contribution is 5.65. The zero-order valence-corrected chi connectivity index (χ0v) is 19.5. The molecule has 1 heterocycles. The minimum Gasteiger partial charge on any atom is -0.432 e. The Bertz CT molecular complexity index is 957. The number of dihydropyridines is 1. The predicted molar refractivity (Wildman–Crippen MR) is 118 cm³/mol. The fourth-order valence-corrected chi connectivity index (χ4v) is 3.15. The van der Waals surface area contributed by atoms with E-state index in [-0.39, 0.29) is 43.6 Å². The molecule has 0 bridgehead atoms. The average Bonchev–Trinajstić information content (AvgIpc) is 2.81. The second kappa shape index (κ2) is 13.2. The minimum atomic E-state index is -1.01. The Hall–Kier alpha value is -3.64. The first-order valence-corrected chi connectivity index (χ1v) is 10.4. The summed E-state index contributed by atoms with van der Waals surface area (Å²) in [5.41, 5.74) is 1.13. The summed E-state index contributed by atoms with van der Waals surface area (Å²) < 4.78 is 30.7. The number of nitro groups is 1. The summed E-state index contributed by atoms with van der Waals surface area (Å²) in [6.45, 7) is 3.74. The Morgan fingerprint density at radius 2 is 1.59 bits per heavy atom. The van der Waals surface area contributed by atoms with Crippen molar-refractivity contribution in [1.29, 1.82) is 0 Å². The van der Waals surface area contributed by atoms with E-state index in [2.05, 4.69) is 5.32 Å². The van der Waals surface area contributed by atoms with Crippen molar-refractivity contribution in [3.8, 4) is 0 Å². The summed E-state index contributed by atoms with van der Waals surface area (Å²) in [7, 11) is 2.91. The number of carbonyl (C=O) groups excluding carboxylic acids is 2. The standard InChI is InChI=1S/C22H28N2O10/c1-5-17-20(34-22(26)32-12-10-30-4)18(15-7-6-8-16(13-15)24(27)28)19(14(2)23-17)33-21(25)31-11-9-29-3/h6-8,13,18,23H,5,9-12H2,1-4H3. The predicted octanol–water partition coefficient (Wildman–Crippen LogP) is 3.73. The lowest BCUT2D eigenvalue weighted by molar-refractivity contribution is -0.384. The fraction of sp³-hybridized carbons (Fsp3) is 0.455. The van der Waals surface area contributed by atoms with Crippen LogP contribution in [0, 0.1) is 10.1 Å². The number of ether oxygens (including phenoxy) is 6. The number of rotatable bonds is 11. The third-order valence-corrected chi connectivity index (χ3v) is 4.70. The van der Waals surface area contributed by atoms with Gasteiger partial charge in [-0.25, -0.2) is 9.59 Å². The van der Waals surface area contributed by atoms with Gasteiger partial charge in [0.15, 0.2) is 0 Å². The third kappa shape index (κ3) is 7.18. The highest BCUT2D eigenvalue weighted by atomic mass is 16.7. The van der Waals surface area contributed by atoms with Gasteiger partial charge in [-0.2, -0.15) is 0 Å². The van der Waals surface area contributed by atoms with E-state index in [9.17, 15) is 19.7 Å². The van der Waals surface area contributed by atoms with Crippen molar-refractivity contribution in [1.82, 2.24) is 5.32 Å². The summed E-state index contributed by atoms with van der Waals surface area (Å²) in [4.78, 5) is 35.5. The topological polar surface area (TPSA) is 145 Å². The van der Waals surface area contributed by atoms with Gasteiger partial charge in [0.25, 0.3) is 5.69 Å². The molecule has 1 aliphatic heterocycles. The van der Waals surface area contributed by atoms with Crippen molar-refractivity contribution in [2.75, 3.05) is 40.6 Å². The molecule has 34 heavy (non-hydrogen) atoms. The molecule has 186 valence electrons. The van der Waals surface area contributed by atoms with Crippen LogP contribution in [0.5, 0.6) is 0 Å². The molecule has 1 atom stereocenters.